The fourth-order valence-electron chi connectivity index (χ4n) is 2.52. The van der Waals surface area contributed by atoms with E-state index in [1.54, 1.807) is 17.9 Å². The first-order valence-electron chi connectivity index (χ1n) is 9.08. The molecule has 2 amide bonds. The summed E-state index contributed by atoms with van der Waals surface area (Å²) < 4.78 is 5.51. The number of benzene rings is 2. The number of nitrogens with one attached hydrogen (secondary N) is 1. The Morgan fingerprint density at radius 3 is 2.00 bits per heavy atom. The Labute approximate surface area is 160 Å². The molecule has 0 spiro atoms. The molecule has 0 bridgehead atoms. The summed E-state index contributed by atoms with van der Waals surface area (Å²) in [7, 11) is 0. The number of carbonyl (C=O) groups is 2. The maximum atomic E-state index is 12.7. The van der Waals surface area contributed by atoms with Crippen molar-refractivity contribution in [3.05, 3.63) is 83.9 Å². The van der Waals surface area contributed by atoms with E-state index in [0.29, 0.717) is 19.6 Å². The molecule has 1 N–H and O–H groups in total. The SMILES string of the molecule is CCNC(=O)/C=C/[C@H](C)OC(=O)N(Cc1ccccc1)Cc1ccccc1. The van der Waals surface area contributed by atoms with Crippen molar-refractivity contribution in [3.63, 3.8) is 0 Å². The number of ether oxygens (including phenoxy) is 1. The highest BCUT2D eigenvalue weighted by Crippen LogP contribution is 2.12. The molecule has 0 heterocycles. The molecule has 0 fully saturated rings. The summed E-state index contributed by atoms with van der Waals surface area (Å²) >= 11 is 0. The number of likely N-dealkylation sites (N-methyl/N-ethyl adjacent to an activating group) is 1. The molecule has 0 aliphatic carbocycles. The molecule has 0 saturated heterocycles. The first-order valence-corrected chi connectivity index (χ1v) is 9.08. The second-order valence-electron chi connectivity index (χ2n) is 6.17. The second kappa shape index (κ2) is 10.8. The number of amides is 2. The van der Waals surface area contributed by atoms with Crippen molar-refractivity contribution in [3.8, 4) is 0 Å². The molecule has 0 aromatic heterocycles. The monoisotopic (exact) mass is 366 g/mol. The molecule has 0 saturated carbocycles. The van der Waals surface area contributed by atoms with Gasteiger partial charge in [0.05, 0.1) is 0 Å². The van der Waals surface area contributed by atoms with E-state index in [1.807, 2.05) is 67.6 Å². The molecule has 2 aromatic carbocycles. The Morgan fingerprint density at radius 2 is 1.52 bits per heavy atom. The van der Waals surface area contributed by atoms with Gasteiger partial charge in [-0.3, -0.25) is 9.69 Å². The number of rotatable bonds is 8. The van der Waals surface area contributed by atoms with E-state index < -0.39 is 12.2 Å². The fourth-order valence-corrected chi connectivity index (χ4v) is 2.52. The quantitative estimate of drug-likeness (QED) is 0.721. The lowest BCUT2D eigenvalue weighted by Crippen LogP contribution is -2.32. The van der Waals surface area contributed by atoms with Gasteiger partial charge in [0.2, 0.25) is 5.91 Å². The van der Waals surface area contributed by atoms with Crippen LogP contribution in [0, 0.1) is 0 Å². The van der Waals surface area contributed by atoms with Gasteiger partial charge in [-0.05, 0) is 31.1 Å². The van der Waals surface area contributed by atoms with Gasteiger partial charge in [0.25, 0.3) is 0 Å². The van der Waals surface area contributed by atoms with E-state index in [9.17, 15) is 9.59 Å². The zero-order valence-electron chi connectivity index (χ0n) is 15.8. The van der Waals surface area contributed by atoms with Crippen LogP contribution in [0.5, 0.6) is 0 Å². The van der Waals surface area contributed by atoms with Crippen LogP contribution in [0.15, 0.2) is 72.8 Å². The molecule has 5 nitrogen and oxygen atoms in total. The maximum Gasteiger partial charge on any atom is 0.410 e. The van der Waals surface area contributed by atoms with Crippen LogP contribution in [-0.2, 0) is 22.6 Å². The van der Waals surface area contributed by atoms with Gasteiger partial charge in [-0.15, -0.1) is 0 Å². The summed E-state index contributed by atoms with van der Waals surface area (Å²) in [6.45, 7) is 5.03. The first-order chi connectivity index (χ1) is 13.1. The average molecular weight is 366 g/mol. The minimum atomic E-state index is -0.505. The Balaban J connectivity index is 2.04. The van der Waals surface area contributed by atoms with Crippen LogP contribution in [0.4, 0.5) is 4.79 Å². The normalized spacial score (nSPS) is 11.8. The summed E-state index contributed by atoms with van der Waals surface area (Å²) in [5.74, 6) is -0.203. The van der Waals surface area contributed by atoms with E-state index in [4.69, 9.17) is 4.74 Å². The molecule has 1 atom stereocenters. The topological polar surface area (TPSA) is 58.6 Å². The van der Waals surface area contributed by atoms with Crippen LogP contribution >= 0.6 is 0 Å². The minimum Gasteiger partial charge on any atom is -0.442 e. The highest BCUT2D eigenvalue weighted by molar-refractivity contribution is 5.87. The third-order valence-corrected chi connectivity index (χ3v) is 3.85. The van der Waals surface area contributed by atoms with E-state index >= 15 is 0 Å². The molecule has 0 aliphatic rings. The zero-order valence-corrected chi connectivity index (χ0v) is 15.8. The molecule has 142 valence electrons. The highest BCUT2D eigenvalue weighted by Gasteiger charge is 2.18. The maximum absolute atomic E-state index is 12.7. The van der Waals surface area contributed by atoms with Crippen LogP contribution in [0.1, 0.15) is 25.0 Å². The lowest BCUT2D eigenvalue weighted by atomic mass is 10.2. The number of hydrogen-bond donors (Lipinski definition) is 1. The van der Waals surface area contributed by atoms with Crippen LogP contribution in [-0.4, -0.2) is 29.5 Å². The van der Waals surface area contributed by atoms with Crippen molar-refractivity contribution >= 4 is 12.0 Å². The lowest BCUT2D eigenvalue weighted by Gasteiger charge is -2.24. The van der Waals surface area contributed by atoms with E-state index in [-0.39, 0.29) is 5.91 Å². The van der Waals surface area contributed by atoms with Crippen molar-refractivity contribution in [1.82, 2.24) is 10.2 Å². The Hall–Kier alpha value is -3.08. The van der Waals surface area contributed by atoms with Gasteiger partial charge < -0.3 is 10.1 Å². The zero-order chi connectivity index (χ0) is 19.5. The molecule has 0 unspecified atom stereocenters. The molecule has 2 aromatic rings. The average Bonchev–Trinajstić information content (AvgIpc) is 2.68. The van der Waals surface area contributed by atoms with Gasteiger partial charge in [0, 0.05) is 25.7 Å². The Bertz CT molecular complexity index is 703. The highest BCUT2D eigenvalue weighted by atomic mass is 16.6. The largest absolute Gasteiger partial charge is 0.442 e. The van der Waals surface area contributed by atoms with Crippen LogP contribution in [0.3, 0.4) is 0 Å². The van der Waals surface area contributed by atoms with E-state index in [0.717, 1.165) is 11.1 Å². The van der Waals surface area contributed by atoms with Crippen LogP contribution in [0.2, 0.25) is 0 Å². The first kappa shape index (κ1) is 20.2. The van der Waals surface area contributed by atoms with Gasteiger partial charge in [-0.25, -0.2) is 4.79 Å². The standard InChI is InChI=1S/C22H26N2O3/c1-3-23-21(25)15-14-18(2)27-22(26)24(16-19-10-6-4-7-11-19)17-20-12-8-5-9-13-20/h4-15,18H,3,16-17H2,1-2H3,(H,23,25)/b15-14+/t18-/m0/s1. The predicted molar refractivity (Wildman–Crippen MR) is 106 cm³/mol. The predicted octanol–water partition coefficient (Wildman–Crippen LogP) is 3.91. The number of hydrogen-bond acceptors (Lipinski definition) is 3. The lowest BCUT2D eigenvalue weighted by molar-refractivity contribution is -0.116. The van der Waals surface area contributed by atoms with Gasteiger partial charge >= 0.3 is 6.09 Å². The van der Waals surface area contributed by atoms with Crippen molar-refractivity contribution in [1.29, 1.82) is 0 Å². The molecule has 5 heteroatoms. The van der Waals surface area contributed by atoms with Crippen molar-refractivity contribution in [2.24, 2.45) is 0 Å². The summed E-state index contributed by atoms with van der Waals surface area (Å²) in [5.41, 5.74) is 2.05. The summed E-state index contributed by atoms with van der Waals surface area (Å²) in [5, 5.41) is 2.67. The van der Waals surface area contributed by atoms with Gasteiger partial charge in [0.1, 0.15) is 6.10 Å². The van der Waals surface area contributed by atoms with Crippen molar-refractivity contribution in [2.45, 2.75) is 33.0 Å². The Kier molecular flexibility index (Phi) is 8.10. The van der Waals surface area contributed by atoms with Gasteiger partial charge in [-0.1, -0.05) is 60.7 Å². The summed E-state index contributed by atoms with van der Waals surface area (Å²) in [6.07, 6.45) is 2.04. The van der Waals surface area contributed by atoms with Gasteiger partial charge in [0.15, 0.2) is 0 Å². The fraction of sp³-hybridized carbons (Fsp3) is 0.273. The van der Waals surface area contributed by atoms with Gasteiger partial charge in [-0.2, -0.15) is 0 Å². The van der Waals surface area contributed by atoms with Crippen molar-refractivity contribution < 1.29 is 14.3 Å². The molecule has 0 aliphatic heterocycles. The summed E-state index contributed by atoms with van der Waals surface area (Å²) in [6, 6.07) is 19.6. The van der Waals surface area contributed by atoms with Crippen LogP contribution < -0.4 is 5.32 Å². The van der Waals surface area contributed by atoms with Crippen molar-refractivity contribution in [2.75, 3.05) is 6.54 Å². The molecular formula is C22H26N2O3. The number of nitrogens with zero attached hydrogens (tertiary/aromatic N) is 1. The van der Waals surface area contributed by atoms with Crippen LogP contribution in [0.25, 0.3) is 0 Å². The molecule has 2 rings (SSSR count). The van der Waals surface area contributed by atoms with E-state index in [2.05, 4.69) is 5.32 Å². The Morgan fingerprint density at radius 1 is 1.00 bits per heavy atom. The second-order valence-corrected chi connectivity index (χ2v) is 6.17. The summed E-state index contributed by atoms with van der Waals surface area (Å²) in [4.78, 5) is 25.9. The molecule has 27 heavy (non-hydrogen) atoms. The minimum absolute atomic E-state index is 0.203. The third-order valence-electron chi connectivity index (χ3n) is 3.85. The smallest absolute Gasteiger partial charge is 0.410 e. The molecular weight excluding hydrogens is 340 g/mol. The number of carbonyl (C=O) groups excluding carboxylic acids is 2. The van der Waals surface area contributed by atoms with E-state index in [1.165, 1.54) is 6.08 Å². The third kappa shape index (κ3) is 7.36. The molecule has 0 radical (unpaired) electrons.